The highest BCUT2D eigenvalue weighted by Crippen LogP contribution is 2.10. The average Bonchev–Trinajstić information content (AvgIpc) is 2.26. The number of aliphatic hydroxyl groups is 2. The summed E-state index contributed by atoms with van der Waals surface area (Å²) >= 11 is 0. The highest BCUT2D eigenvalue weighted by Gasteiger charge is 2.12. The average molecular weight is 217 g/mol. The van der Waals surface area contributed by atoms with Crippen LogP contribution in [-0.4, -0.2) is 29.0 Å². The lowest BCUT2D eigenvalue weighted by Crippen LogP contribution is -2.37. The largest absolute Gasteiger partial charge is 0.395 e. The van der Waals surface area contributed by atoms with Gasteiger partial charge in [0.15, 0.2) is 0 Å². The Kier molecular flexibility index (Phi) is 10.3. The fourth-order valence-corrected chi connectivity index (χ4v) is 1.65. The molecule has 0 saturated carbocycles. The molecule has 3 heteroatoms. The van der Waals surface area contributed by atoms with Crippen LogP contribution in [0.2, 0.25) is 0 Å². The second-order valence-corrected chi connectivity index (χ2v) is 4.32. The van der Waals surface area contributed by atoms with Gasteiger partial charge in [-0.15, -0.1) is 0 Å². The van der Waals surface area contributed by atoms with Crippen molar-refractivity contribution in [2.45, 2.75) is 70.4 Å². The van der Waals surface area contributed by atoms with Crippen molar-refractivity contribution in [3.8, 4) is 0 Å². The fraction of sp³-hybridized carbons (Fsp3) is 1.00. The van der Waals surface area contributed by atoms with Crippen molar-refractivity contribution in [2.24, 2.45) is 5.73 Å². The Hall–Kier alpha value is -0.120. The molecule has 15 heavy (non-hydrogen) atoms. The van der Waals surface area contributed by atoms with Crippen LogP contribution < -0.4 is 5.73 Å². The predicted octanol–water partition coefficient (Wildman–Crippen LogP) is 1.81. The summed E-state index contributed by atoms with van der Waals surface area (Å²) in [5.74, 6) is 0. The van der Waals surface area contributed by atoms with Gasteiger partial charge in [-0.3, -0.25) is 0 Å². The Labute approximate surface area is 93.7 Å². The molecule has 0 saturated heterocycles. The van der Waals surface area contributed by atoms with Crippen LogP contribution >= 0.6 is 0 Å². The summed E-state index contributed by atoms with van der Waals surface area (Å²) < 4.78 is 0. The van der Waals surface area contributed by atoms with Crippen LogP contribution in [0.5, 0.6) is 0 Å². The van der Waals surface area contributed by atoms with Gasteiger partial charge in [0.1, 0.15) is 0 Å². The summed E-state index contributed by atoms with van der Waals surface area (Å²) in [5.41, 5.74) is 5.50. The van der Waals surface area contributed by atoms with E-state index in [-0.39, 0.29) is 6.61 Å². The van der Waals surface area contributed by atoms with Crippen LogP contribution in [-0.2, 0) is 0 Å². The Balaban J connectivity index is 3.16. The van der Waals surface area contributed by atoms with E-state index in [1.807, 2.05) is 0 Å². The second-order valence-electron chi connectivity index (χ2n) is 4.32. The minimum absolute atomic E-state index is 0.127. The first kappa shape index (κ1) is 14.9. The van der Waals surface area contributed by atoms with Gasteiger partial charge in [-0.05, 0) is 6.42 Å². The molecule has 0 aliphatic rings. The molecule has 0 aliphatic carbocycles. The van der Waals surface area contributed by atoms with Crippen LogP contribution in [0.3, 0.4) is 0 Å². The van der Waals surface area contributed by atoms with E-state index in [0.29, 0.717) is 0 Å². The topological polar surface area (TPSA) is 66.5 Å². The van der Waals surface area contributed by atoms with Crippen LogP contribution in [0.25, 0.3) is 0 Å². The molecular weight excluding hydrogens is 190 g/mol. The number of hydrogen-bond acceptors (Lipinski definition) is 3. The smallest absolute Gasteiger partial charge is 0.0713 e. The van der Waals surface area contributed by atoms with Crippen LogP contribution in [0.4, 0.5) is 0 Å². The van der Waals surface area contributed by atoms with Crippen LogP contribution in [0.1, 0.15) is 58.3 Å². The van der Waals surface area contributed by atoms with Gasteiger partial charge in [-0.25, -0.2) is 0 Å². The van der Waals surface area contributed by atoms with Gasteiger partial charge >= 0.3 is 0 Å². The van der Waals surface area contributed by atoms with E-state index in [1.54, 1.807) is 0 Å². The third kappa shape index (κ3) is 8.85. The summed E-state index contributed by atoms with van der Waals surface area (Å²) in [7, 11) is 0. The first-order valence-electron chi connectivity index (χ1n) is 6.26. The number of rotatable bonds is 10. The van der Waals surface area contributed by atoms with E-state index in [4.69, 9.17) is 10.8 Å². The zero-order valence-electron chi connectivity index (χ0n) is 9.99. The summed E-state index contributed by atoms with van der Waals surface area (Å²) in [6.45, 7) is 2.09. The molecule has 0 unspecified atom stereocenters. The molecule has 3 nitrogen and oxygen atoms in total. The summed E-state index contributed by atoms with van der Waals surface area (Å²) in [5, 5.41) is 18.2. The number of hydrogen-bond donors (Lipinski definition) is 3. The van der Waals surface area contributed by atoms with E-state index in [0.717, 1.165) is 12.8 Å². The van der Waals surface area contributed by atoms with Gasteiger partial charge in [0.05, 0.1) is 18.8 Å². The summed E-state index contributed by atoms with van der Waals surface area (Å²) in [6.07, 6.45) is 8.86. The Morgan fingerprint density at radius 2 is 1.53 bits per heavy atom. The monoisotopic (exact) mass is 217 g/mol. The Morgan fingerprint density at radius 3 is 2.07 bits per heavy atom. The Morgan fingerprint density at radius 1 is 1.00 bits per heavy atom. The number of aliphatic hydroxyl groups excluding tert-OH is 2. The molecular formula is C12H27NO2. The zero-order valence-corrected chi connectivity index (χ0v) is 9.99. The maximum Gasteiger partial charge on any atom is 0.0713 e. The molecule has 0 spiro atoms. The second kappa shape index (κ2) is 10.4. The van der Waals surface area contributed by atoms with Gasteiger partial charge in [0, 0.05) is 0 Å². The van der Waals surface area contributed by atoms with Crippen molar-refractivity contribution >= 4 is 0 Å². The number of unbranched alkanes of at least 4 members (excludes halogenated alkanes) is 6. The molecule has 0 heterocycles. The minimum Gasteiger partial charge on any atom is -0.395 e. The third-order valence-electron chi connectivity index (χ3n) is 2.81. The molecule has 4 N–H and O–H groups in total. The Bertz CT molecular complexity index is 131. The van der Waals surface area contributed by atoms with Gasteiger partial charge in [0.2, 0.25) is 0 Å². The maximum absolute atomic E-state index is 9.47. The van der Waals surface area contributed by atoms with Gasteiger partial charge < -0.3 is 15.9 Å². The number of nitrogens with two attached hydrogens (primary N) is 1. The fourth-order valence-electron chi connectivity index (χ4n) is 1.65. The molecule has 2 atom stereocenters. The lowest BCUT2D eigenvalue weighted by molar-refractivity contribution is 0.0990. The first-order chi connectivity index (χ1) is 7.22. The van der Waals surface area contributed by atoms with E-state index in [1.165, 1.54) is 38.5 Å². The highest BCUT2D eigenvalue weighted by molar-refractivity contribution is 4.70. The van der Waals surface area contributed by atoms with Gasteiger partial charge in [0.25, 0.3) is 0 Å². The van der Waals surface area contributed by atoms with E-state index >= 15 is 0 Å². The lowest BCUT2D eigenvalue weighted by atomic mass is 10.0. The van der Waals surface area contributed by atoms with Crippen LogP contribution in [0, 0.1) is 0 Å². The normalized spacial score (nSPS) is 15.2. The van der Waals surface area contributed by atoms with E-state index < -0.39 is 12.1 Å². The molecule has 92 valence electrons. The van der Waals surface area contributed by atoms with Crippen molar-refractivity contribution in [2.75, 3.05) is 6.61 Å². The molecule has 0 aliphatic heterocycles. The standard InChI is InChI=1S/C12H27NO2/c1-2-3-4-5-6-7-8-9-12(15)11(13)10-14/h11-12,14-15H,2-10,13H2,1H3/t11-,12+/m1/s1. The minimum atomic E-state index is -0.536. The van der Waals surface area contributed by atoms with Crippen molar-refractivity contribution < 1.29 is 10.2 Å². The van der Waals surface area contributed by atoms with E-state index in [9.17, 15) is 5.11 Å². The summed E-state index contributed by atoms with van der Waals surface area (Å²) in [4.78, 5) is 0. The van der Waals surface area contributed by atoms with Crippen molar-refractivity contribution in [3.63, 3.8) is 0 Å². The van der Waals surface area contributed by atoms with Gasteiger partial charge in [-0.1, -0.05) is 51.9 Å². The molecule has 0 aromatic heterocycles. The van der Waals surface area contributed by atoms with Crippen LogP contribution in [0.15, 0.2) is 0 Å². The molecule has 0 fully saturated rings. The van der Waals surface area contributed by atoms with Crippen molar-refractivity contribution in [1.29, 1.82) is 0 Å². The quantitative estimate of drug-likeness (QED) is 0.489. The molecule has 0 aromatic rings. The highest BCUT2D eigenvalue weighted by atomic mass is 16.3. The zero-order chi connectivity index (χ0) is 11.5. The summed E-state index contributed by atoms with van der Waals surface area (Å²) in [6, 6.07) is -0.468. The molecule has 0 bridgehead atoms. The molecule has 0 rings (SSSR count). The van der Waals surface area contributed by atoms with Gasteiger partial charge in [-0.2, -0.15) is 0 Å². The van der Waals surface area contributed by atoms with E-state index in [2.05, 4.69) is 6.92 Å². The predicted molar refractivity (Wildman–Crippen MR) is 63.7 cm³/mol. The third-order valence-corrected chi connectivity index (χ3v) is 2.81. The first-order valence-corrected chi connectivity index (χ1v) is 6.26. The van der Waals surface area contributed by atoms with Crippen molar-refractivity contribution in [1.82, 2.24) is 0 Å². The van der Waals surface area contributed by atoms with Crippen molar-refractivity contribution in [3.05, 3.63) is 0 Å². The SMILES string of the molecule is CCCCCCCCC[C@H](O)[C@H](N)CO. The molecule has 0 aromatic carbocycles. The maximum atomic E-state index is 9.47. The lowest BCUT2D eigenvalue weighted by Gasteiger charge is -2.15. The molecule has 0 amide bonds. The molecule has 0 radical (unpaired) electrons.